The van der Waals surface area contributed by atoms with Gasteiger partial charge in [0.05, 0.1) is 23.0 Å². The molecule has 1 aromatic heterocycles. The van der Waals surface area contributed by atoms with Crippen molar-refractivity contribution in [3.05, 3.63) is 59.8 Å². The number of imidazole rings is 1. The maximum Gasteiger partial charge on any atom is 0.416 e. The third-order valence-electron chi connectivity index (χ3n) is 3.66. The standard InChI is InChI=1S/C17H11F6N3/c18-16(19,20)11-5-10(6-12(7-11)17(21,22)23)15-25-8-14(26-15)9-1-3-13(24)4-2-9/h1-8H,24H2,(H,25,26). The number of hydrogen-bond donors (Lipinski definition) is 2. The highest BCUT2D eigenvalue weighted by Gasteiger charge is 2.37. The van der Waals surface area contributed by atoms with Crippen molar-refractivity contribution in [2.75, 3.05) is 5.73 Å². The number of H-pyrrole nitrogens is 1. The molecule has 2 aromatic carbocycles. The highest BCUT2D eigenvalue weighted by molar-refractivity contribution is 5.66. The lowest BCUT2D eigenvalue weighted by Gasteiger charge is -2.13. The Bertz CT molecular complexity index is 891. The number of aromatic amines is 1. The maximum absolute atomic E-state index is 12.9. The van der Waals surface area contributed by atoms with Gasteiger partial charge in [0, 0.05) is 11.3 Å². The van der Waals surface area contributed by atoms with E-state index in [1.54, 1.807) is 24.3 Å². The van der Waals surface area contributed by atoms with Crippen molar-refractivity contribution >= 4 is 5.69 Å². The van der Waals surface area contributed by atoms with Gasteiger partial charge in [0.1, 0.15) is 5.82 Å². The average Bonchev–Trinajstić information content (AvgIpc) is 3.03. The largest absolute Gasteiger partial charge is 0.416 e. The van der Waals surface area contributed by atoms with E-state index in [4.69, 9.17) is 5.73 Å². The Morgan fingerprint density at radius 1 is 0.769 bits per heavy atom. The fraction of sp³-hybridized carbons (Fsp3) is 0.118. The van der Waals surface area contributed by atoms with E-state index in [9.17, 15) is 26.3 Å². The summed E-state index contributed by atoms with van der Waals surface area (Å²) in [6, 6.07) is 7.86. The number of alkyl halides is 6. The molecule has 136 valence electrons. The Morgan fingerprint density at radius 3 is 1.81 bits per heavy atom. The highest BCUT2D eigenvalue weighted by Crippen LogP contribution is 2.38. The van der Waals surface area contributed by atoms with E-state index in [0.717, 1.165) is 0 Å². The molecule has 9 heteroatoms. The van der Waals surface area contributed by atoms with Gasteiger partial charge < -0.3 is 10.7 Å². The predicted octanol–water partition coefficient (Wildman–Crippen LogP) is 5.36. The van der Waals surface area contributed by atoms with Crippen molar-refractivity contribution in [3.8, 4) is 22.6 Å². The van der Waals surface area contributed by atoms with Crippen LogP contribution >= 0.6 is 0 Å². The van der Waals surface area contributed by atoms with Crippen LogP contribution < -0.4 is 5.73 Å². The molecule has 0 atom stereocenters. The lowest BCUT2D eigenvalue weighted by Crippen LogP contribution is -2.11. The number of hydrogen-bond acceptors (Lipinski definition) is 2. The molecule has 3 rings (SSSR count). The fourth-order valence-electron chi connectivity index (χ4n) is 2.37. The van der Waals surface area contributed by atoms with Crippen molar-refractivity contribution in [3.63, 3.8) is 0 Å². The molecule has 0 aliphatic rings. The van der Waals surface area contributed by atoms with Crippen LogP contribution in [0, 0.1) is 0 Å². The molecule has 0 unspecified atom stereocenters. The van der Waals surface area contributed by atoms with Crippen molar-refractivity contribution in [2.24, 2.45) is 0 Å². The third kappa shape index (κ3) is 3.66. The first-order valence-electron chi connectivity index (χ1n) is 7.25. The van der Waals surface area contributed by atoms with Crippen molar-refractivity contribution < 1.29 is 26.3 Å². The first kappa shape index (κ1) is 17.8. The van der Waals surface area contributed by atoms with Gasteiger partial charge in [0.25, 0.3) is 0 Å². The van der Waals surface area contributed by atoms with Crippen LogP contribution in [0.15, 0.2) is 48.7 Å². The molecule has 26 heavy (non-hydrogen) atoms. The monoisotopic (exact) mass is 371 g/mol. The van der Waals surface area contributed by atoms with Crippen LogP contribution in [0.3, 0.4) is 0 Å². The minimum Gasteiger partial charge on any atom is -0.399 e. The van der Waals surface area contributed by atoms with Crippen LogP contribution in [-0.2, 0) is 12.4 Å². The number of anilines is 1. The lowest BCUT2D eigenvalue weighted by molar-refractivity contribution is -0.143. The number of halogens is 6. The van der Waals surface area contributed by atoms with E-state index in [0.29, 0.717) is 29.1 Å². The number of nitrogens with two attached hydrogens (primary N) is 1. The molecule has 1 heterocycles. The molecule has 3 N–H and O–H groups in total. The molecule has 3 aromatic rings. The Labute approximate surface area is 143 Å². The van der Waals surface area contributed by atoms with Gasteiger partial charge in [-0.2, -0.15) is 26.3 Å². The molecule has 0 fully saturated rings. The van der Waals surface area contributed by atoms with Crippen molar-refractivity contribution in [2.45, 2.75) is 12.4 Å². The van der Waals surface area contributed by atoms with E-state index in [2.05, 4.69) is 9.97 Å². The summed E-state index contributed by atoms with van der Waals surface area (Å²) < 4.78 is 77.7. The first-order chi connectivity index (χ1) is 12.0. The van der Waals surface area contributed by atoms with E-state index >= 15 is 0 Å². The Kier molecular flexibility index (Phi) is 4.17. The van der Waals surface area contributed by atoms with Gasteiger partial charge in [-0.25, -0.2) is 4.98 Å². The lowest BCUT2D eigenvalue weighted by atomic mass is 10.0. The van der Waals surface area contributed by atoms with E-state index in [1.165, 1.54) is 6.20 Å². The maximum atomic E-state index is 12.9. The quantitative estimate of drug-likeness (QED) is 0.470. The molecule has 0 aliphatic heterocycles. The van der Waals surface area contributed by atoms with Crippen LogP contribution in [0.2, 0.25) is 0 Å². The summed E-state index contributed by atoms with van der Waals surface area (Å²) in [7, 11) is 0. The number of nitrogen functional groups attached to an aromatic ring is 1. The van der Waals surface area contributed by atoms with Crippen molar-refractivity contribution in [1.29, 1.82) is 0 Å². The summed E-state index contributed by atoms with van der Waals surface area (Å²) in [5, 5.41) is 0. The SMILES string of the molecule is Nc1ccc(-c2cnc(-c3cc(C(F)(F)F)cc(C(F)(F)F)c3)[nH]2)cc1. The average molecular weight is 371 g/mol. The number of aromatic nitrogens is 2. The summed E-state index contributed by atoms with van der Waals surface area (Å²) >= 11 is 0. The van der Waals surface area contributed by atoms with E-state index in [-0.39, 0.29) is 17.5 Å². The zero-order chi connectivity index (χ0) is 19.1. The topological polar surface area (TPSA) is 54.7 Å². The molecule has 0 saturated carbocycles. The Hall–Kier alpha value is -2.97. The van der Waals surface area contributed by atoms with Crippen LogP contribution in [0.25, 0.3) is 22.6 Å². The predicted molar refractivity (Wildman–Crippen MR) is 83.9 cm³/mol. The normalized spacial score (nSPS) is 12.4. The molecule has 0 amide bonds. The summed E-state index contributed by atoms with van der Waals surface area (Å²) in [6.07, 6.45) is -8.50. The van der Waals surface area contributed by atoms with Gasteiger partial charge in [-0.1, -0.05) is 12.1 Å². The molecule has 0 bridgehead atoms. The number of nitrogens with zero attached hydrogens (tertiary/aromatic N) is 1. The molecular formula is C17H11F6N3. The molecule has 0 radical (unpaired) electrons. The molecule has 0 saturated heterocycles. The molecular weight excluding hydrogens is 360 g/mol. The van der Waals surface area contributed by atoms with Crippen LogP contribution in [0.5, 0.6) is 0 Å². The van der Waals surface area contributed by atoms with Crippen LogP contribution in [-0.4, -0.2) is 9.97 Å². The third-order valence-corrected chi connectivity index (χ3v) is 3.66. The zero-order valence-electron chi connectivity index (χ0n) is 12.9. The van der Waals surface area contributed by atoms with Crippen LogP contribution in [0.4, 0.5) is 32.0 Å². The Balaban J connectivity index is 2.07. The van der Waals surface area contributed by atoms with Crippen molar-refractivity contribution in [1.82, 2.24) is 9.97 Å². The smallest absolute Gasteiger partial charge is 0.399 e. The minimum atomic E-state index is -4.91. The van der Waals surface area contributed by atoms with Crippen LogP contribution in [0.1, 0.15) is 11.1 Å². The highest BCUT2D eigenvalue weighted by atomic mass is 19.4. The van der Waals surface area contributed by atoms with E-state index in [1.807, 2.05) is 0 Å². The fourth-order valence-corrected chi connectivity index (χ4v) is 2.37. The second kappa shape index (κ2) is 6.08. The van der Waals surface area contributed by atoms with Gasteiger partial charge in [-0.15, -0.1) is 0 Å². The summed E-state index contributed by atoms with van der Waals surface area (Å²) in [5.41, 5.74) is 4.07. The number of nitrogens with one attached hydrogen (secondary N) is 1. The Morgan fingerprint density at radius 2 is 1.31 bits per heavy atom. The van der Waals surface area contributed by atoms with Gasteiger partial charge in [0.15, 0.2) is 0 Å². The van der Waals surface area contributed by atoms with Gasteiger partial charge in [-0.3, -0.25) is 0 Å². The zero-order valence-corrected chi connectivity index (χ0v) is 12.9. The summed E-state index contributed by atoms with van der Waals surface area (Å²) in [6.45, 7) is 0. The van der Waals surface area contributed by atoms with E-state index < -0.39 is 23.5 Å². The van der Waals surface area contributed by atoms with Gasteiger partial charge in [0.2, 0.25) is 0 Å². The molecule has 0 spiro atoms. The molecule has 3 nitrogen and oxygen atoms in total. The summed E-state index contributed by atoms with van der Waals surface area (Å²) in [4.78, 5) is 6.65. The number of rotatable bonds is 2. The van der Waals surface area contributed by atoms with Gasteiger partial charge >= 0.3 is 12.4 Å². The second-order valence-electron chi connectivity index (χ2n) is 5.56. The number of benzene rings is 2. The minimum absolute atomic E-state index is 0.0767. The molecule has 0 aliphatic carbocycles. The second-order valence-corrected chi connectivity index (χ2v) is 5.56. The first-order valence-corrected chi connectivity index (χ1v) is 7.25. The summed E-state index contributed by atoms with van der Waals surface area (Å²) in [5.74, 6) is -0.103. The van der Waals surface area contributed by atoms with Gasteiger partial charge in [-0.05, 0) is 35.9 Å².